The molecule has 3 amide bonds. The molecule has 0 aliphatic carbocycles. The number of hydrogen-bond donors (Lipinski definition) is 3. The molecule has 7 nitrogen and oxygen atoms in total. The van der Waals surface area contributed by atoms with Gasteiger partial charge in [-0.2, -0.15) is 0 Å². The smallest absolute Gasteiger partial charge is 0.318 e. The van der Waals surface area contributed by atoms with Gasteiger partial charge >= 0.3 is 6.03 Å². The molecular weight excluding hydrogens is 596 g/mol. The second-order valence-electron chi connectivity index (χ2n) is 13.3. The number of nitrogens with one attached hydrogen (secondary N) is 2. The average molecular weight is 647 g/mol. The minimum Gasteiger partial charge on any atom is -0.391 e. The van der Waals surface area contributed by atoms with Crippen molar-refractivity contribution >= 4 is 11.9 Å². The van der Waals surface area contributed by atoms with E-state index in [1.54, 1.807) is 4.90 Å². The number of hydrogen-bond acceptors (Lipinski definition) is 4. The minimum absolute atomic E-state index is 0.0748. The molecule has 3 N–H and O–H groups in total. The lowest BCUT2D eigenvalue weighted by Gasteiger charge is -2.38. The van der Waals surface area contributed by atoms with Gasteiger partial charge in [0.25, 0.3) is 0 Å². The fourth-order valence-corrected chi connectivity index (χ4v) is 6.83. The molecular formula is C41H50N4O3. The number of aliphatic hydroxyl groups excluding tert-OH is 1. The predicted octanol–water partition coefficient (Wildman–Crippen LogP) is 6.22. The number of rotatable bonds is 16. The lowest BCUT2D eigenvalue weighted by molar-refractivity contribution is -0.128. The van der Waals surface area contributed by atoms with E-state index in [0.29, 0.717) is 45.4 Å². The highest BCUT2D eigenvalue weighted by molar-refractivity contribution is 5.87. The summed E-state index contributed by atoms with van der Waals surface area (Å²) in [7, 11) is 0. The molecule has 0 bridgehead atoms. The summed E-state index contributed by atoms with van der Waals surface area (Å²) in [6.45, 7) is 6.46. The van der Waals surface area contributed by atoms with Crippen LogP contribution in [0.25, 0.3) is 0 Å². The summed E-state index contributed by atoms with van der Waals surface area (Å²) in [4.78, 5) is 30.9. The molecule has 1 fully saturated rings. The first-order valence-corrected chi connectivity index (χ1v) is 17.3. The van der Waals surface area contributed by atoms with E-state index in [9.17, 15) is 14.7 Å². The number of benzene rings is 4. The number of carbonyl (C=O) groups excluding carboxylic acids is 2. The van der Waals surface area contributed by atoms with Crippen molar-refractivity contribution in [3.8, 4) is 0 Å². The molecule has 0 unspecified atom stereocenters. The van der Waals surface area contributed by atoms with Gasteiger partial charge in [0, 0.05) is 38.3 Å². The van der Waals surface area contributed by atoms with Crippen LogP contribution in [0.5, 0.6) is 0 Å². The van der Waals surface area contributed by atoms with E-state index in [2.05, 4.69) is 88.3 Å². The Morgan fingerprint density at radius 2 is 1.25 bits per heavy atom. The molecule has 5 rings (SSSR count). The van der Waals surface area contributed by atoms with Crippen LogP contribution in [0.2, 0.25) is 0 Å². The summed E-state index contributed by atoms with van der Waals surface area (Å²) in [5.74, 6) is -0.255. The molecule has 0 aromatic heterocycles. The van der Waals surface area contributed by atoms with Crippen LogP contribution in [-0.2, 0) is 30.7 Å². The van der Waals surface area contributed by atoms with Gasteiger partial charge in [0.1, 0.15) is 6.04 Å². The standard InChI is InChI=1S/C41H50N4O3/c1-31(2)39(45-25-15-24-42-41(45)48)40(47)43-36(26-32-16-7-3-8-17-32)28-38(46)37(27-33-18-9-4-10-19-33)44(29-34-20-11-5-12-21-34)30-35-22-13-6-14-23-35/h3-14,16-23,31,36-39,46H,15,24-30H2,1-2H3,(H,42,48)(H,43,47)/t36-,37-,38-,39-/m0/s1. The highest BCUT2D eigenvalue weighted by Crippen LogP contribution is 2.23. The van der Waals surface area contributed by atoms with Crippen LogP contribution in [0.15, 0.2) is 121 Å². The molecule has 1 aliphatic rings. The van der Waals surface area contributed by atoms with Crippen molar-refractivity contribution in [3.05, 3.63) is 144 Å². The fraction of sp³-hybridized carbons (Fsp3) is 0.366. The number of nitrogens with zero attached hydrogens (tertiary/aromatic N) is 2. The van der Waals surface area contributed by atoms with Crippen molar-refractivity contribution in [2.75, 3.05) is 13.1 Å². The normalized spacial score (nSPS) is 15.9. The lowest BCUT2D eigenvalue weighted by atomic mass is 9.91. The predicted molar refractivity (Wildman–Crippen MR) is 192 cm³/mol. The van der Waals surface area contributed by atoms with Gasteiger partial charge in [-0.05, 0) is 53.9 Å². The molecule has 1 heterocycles. The summed E-state index contributed by atoms with van der Waals surface area (Å²) in [6, 6.07) is 39.8. The Kier molecular flexibility index (Phi) is 12.8. The average Bonchev–Trinajstić information content (AvgIpc) is 3.09. The van der Waals surface area contributed by atoms with Crippen LogP contribution in [0.3, 0.4) is 0 Å². The third kappa shape index (κ3) is 10.0. The van der Waals surface area contributed by atoms with E-state index in [0.717, 1.165) is 17.5 Å². The molecule has 252 valence electrons. The van der Waals surface area contributed by atoms with Crippen molar-refractivity contribution in [2.45, 2.75) is 76.8 Å². The maximum atomic E-state index is 14.1. The van der Waals surface area contributed by atoms with E-state index in [1.807, 2.05) is 62.4 Å². The fourth-order valence-electron chi connectivity index (χ4n) is 6.83. The van der Waals surface area contributed by atoms with Gasteiger partial charge in [-0.15, -0.1) is 0 Å². The highest BCUT2D eigenvalue weighted by atomic mass is 16.3. The van der Waals surface area contributed by atoms with Gasteiger partial charge in [0.2, 0.25) is 5.91 Å². The Morgan fingerprint density at radius 3 is 1.73 bits per heavy atom. The minimum atomic E-state index is -0.762. The number of amides is 3. The third-order valence-corrected chi connectivity index (χ3v) is 9.20. The zero-order valence-corrected chi connectivity index (χ0v) is 28.2. The van der Waals surface area contributed by atoms with Crippen molar-refractivity contribution < 1.29 is 14.7 Å². The molecule has 0 spiro atoms. The van der Waals surface area contributed by atoms with Crippen LogP contribution in [0.1, 0.15) is 48.9 Å². The van der Waals surface area contributed by atoms with Gasteiger partial charge in [0.15, 0.2) is 0 Å². The number of aliphatic hydroxyl groups is 1. The Morgan fingerprint density at radius 1 is 0.771 bits per heavy atom. The Bertz CT molecular complexity index is 1490. The molecule has 0 radical (unpaired) electrons. The van der Waals surface area contributed by atoms with Gasteiger partial charge in [-0.3, -0.25) is 9.69 Å². The molecule has 0 saturated carbocycles. The Hall–Kier alpha value is -4.46. The van der Waals surface area contributed by atoms with E-state index in [1.165, 1.54) is 11.1 Å². The maximum Gasteiger partial charge on any atom is 0.318 e. The summed E-state index contributed by atoms with van der Waals surface area (Å²) in [5, 5.41) is 18.5. The first-order valence-electron chi connectivity index (χ1n) is 17.3. The summed E-state index contributed by atoms with van der Waals surface area (Å²) < 4.78 is 0. The van der Waals surface area contributed by atoms with E-state index >= 15 is 0 Å². The Labute approximate surface area is 286 Å². The monoisotopic (exact) mass is 646 g/mol. The zero-order chi connectivity index (χ0) is 33.7. The molecule has 7 heteroatoms. The summed E-state index contributed by atoms with van der Waals surface area (Å²) in [5.41, 5.74) is 4.57. The summed E-state index contributed by atoms with van der Waals surface area (Å²) >= 11 is 0. The molecule has 1 aliphatic heterocycles. The van der Waals surface area contributed by atoms with Crippen LogP contribution >= 0.6 is 0 Å². The summed E-state index contributed by atoms with van der Waals surface area (Å²) in [6.07, 6.45) is 1.61. The topological polar surface area (TPSA) is 84.9 Å². The molecule has 4 aromatic rings. The second kappa shape index (κ2) is 17.6. The maximum absolute atomic E-state index is 14.1. The van der Waals surface area contributed by atoms with Gasteiger partial charge < -0.3 is 20.6 Å². The third-order valence-electron chi connectivity index (χ3n) is 9.20. The lowest BCUT2D eigenvalue weighted by Crippen LogP contribution is -2.59. The number of carbonyl (C=O) groups is 2. The first-order chi connectivity index (χ1) is 23.4. The second-order valence-corrected chi connectivity index (χ2v) is 13.3. The Balaban J connectivity index is 1.45. The quantitative estimate of drug-likeness (QED) is 0.135. The first kappa shape index (κ1) is 34.9. The van der Waals surface area contributed by atoms with Crippen LogP contribution in [0.4, 0.5) is 4.79 Å². The van der Waals surface area contributed by atoms with E-state index in [-0.39, 0.29) is 29.9 Å². The molecule has 4 aromatic carbocycles. The largest absolute Gasteiger partial charge is 0.391 e. The van der Waals surface area contributed by atoms with Gasteiger partial charge in [-0.1, -0.05) is 135 Å². The van der Waals surface area contributed by atoms with Crippen molar-refractivity contribution in [1.29, 1.82) is 0 Å². The van der Waals surface area contributed by atoms with Crippen LogP contribution in [0, 0.1) is 5.92 Å². The SMILES string of the molecule is CC(C)[C@@H](C(=O)N[C@@H](Cc1ccccc1)C[C@H](O)[C@H](Cc1ccccc1)N(Cc1ccccc1)Cc1ccccc1)N1CCCNC1=O. The number of urea groups is 1. The van der Waals surface area contributed by atoms with Crippen LogP contribution in [-0.4, -0.2) is 64.2 Å². The van der Waals surface area contributed by atoms with Gasteiger partial charge in [0.05, 0.1) is 6.10 Å². The van der Waals surface area contributed by atoms with Crippen LogP contribution < -0.4 is 10.6 Å². The van der Waals surface area contributed by atoms with E-state index < -0.39 is 12.1 Å². The highest BCUT2D eigenvalue weighted by Gasteiger charge is 2.36. The van der Waals surface area contributed by atoms with Gasteiger partial charge in [-0.25, -0.2) is 4.79 Å². The molecule has 48 heavy (non-hydrogen) atoms. The molecule has 4 atom stereocenters. The van der Waals surface area contributed by atoms with Crippen molar-refractivity contribution in [3.63, 3.8) is 0 Å². The van der Waals surface area contributed by atoms with Crippen molar-refractivity contribution in [2.24, 2.45) is 5.92 Å². The van der Waals surface area contributed by atoms with Crippen molar-refractivity contribution in [1.82, 2.24) is 20.4 Å². The zero-order valence-electron chi connectivity index (χ0n) is 28.2. The molecule has 1 saturated heterocycles. The van der Waals surface area contributed by atoms with E-state index in [4.69, 9.17) is 0 Å².